The highest BCUT2D eigenvalue weighted by Gasteiger charge is 2.06. The summed E-state index contributed by atoms with van der Waals surface area (Å²) >= 11 is 3.49. The second kappa shape index (κ2) is 5.47. The van der Waals surface area contributed by atoms with E-state index in [9.17, 15) is 0 Å². The highest BCUT2D eigenvalue weighted by molar-refractivity contribution is 9.10. The summed E-state index contributed by atoms with van der Waals surface area (Å²) in [5.74, 6) is 0. The van der Waals surface area contributed by atoms with E-state index in [0.29, 0.717) is 6.04 Å². The molecule has 1 aromatic carbocycles. The zero-order valence-corrected chi connectivity index (χ0v) is 11.6. The first-order valence-corrected chi connectivity index (χ1v) is 6.44. The summed E-state index contributed by atoms with van der Waals surface area (Å²) < 4.78 is 1.11. The van der Waals surface area contributed by atoms with Crippen LogP contribution in [0.3, 0.4) is 0 Å². The molecule has 1 heterocycles. The van der Waals surface area contributed by atoms with Gasteiger partial charge in [0.1, 0.15) is 0 Å². The van der Waals surface area contributed by atoms with Crippen molar-refractivity contribution in [3.8, 4) is 0 Å². The van der Waals surface area contributed by atoms with Crippen LogP contribution in [0.15, 0.2) is 34.9 Å². The maximum absolute atomic E-state index is 4.01. The summed E-state index contributed by atoms with van der Waals surface area (Å²) in [4.78, 5) is 0. The van der Waals surface area contributed by atoms with Crippen molar-refractivity contribution in [3.63, 3.8) is 0 Å². The summed E-state index contributed by atoms with van der Waals surface area (Å²) in [6.45, 7) is 5.03. The first-order chi connectivity index (χ1) is 8.16. The monoisotopic (exact) mass is 293 g/mol. The number of hydrogen-bond donors (Lipinski definition) is 2. The van der Waals surface area contributed by atoms with Gasteiger partial charge in [0.25, 0.3) is 0 Å². The fourth-order valence-electron chi connectivity index (χ4n) is 1.71. The lowest BCUT2D eigenvalue weighted by molar-refractivity contribution is 0.573. The number of aromatic amines is 1. The molecular weight excluding hydrogens is 278 g/mol. The first-order valence-electron chi connectivity index (χ1n) is 5.64. The molecule has 0 radical (unpaired) electrons. The molecule has 0 aliphatic heterocycles. The smallest absolute Gasteiger partial charge is 0.0535 e. The Morgan fingerprint density at radius 1 is 1.47 bits per heavy atom. The van der Waals surface area contributed by atoms with Gasteiger partial charge in [0.15, 0.2) is 0 Å². The summed E-state index contributed by atoms with van der Waals surface area (Å²) in [6.07, 6.45) is 1.87. The molecule has 2 aromatic rings. The third-order valence-electron chi connectivity index (χ3n) is 2.88. The number of aromatic nitrogens is 2. The lowest BCUT2D eigenvalue weighted by Crippen LogP contribution is -2.18. The predicted molar refractivity (Wildman–Crippen MR) is 72.7 cm³/mol. The van der Waals surface area contributed by atoms with Crippen LogP contribution in [-0.2, 0) is 6.54 Å². The molecular formula is C13H16BrN3. The van der Waals surface area contributed by atoms with Crippen LogP contribution < -0.4 is 5.32 Å². The van der Waals surface area contributed by atoms with Crippen molar-refractivity contribution in [1.82, 2.24) is 15.5 Å². The van der Waals surface area contributed by atoms with E-state index in [0.717, 1.165) is 16.7 Å². The maximum atomic E-state index is 4.01. The van der Waals surface area contributed by atoms with Crippen LogP contribution >= 0.6 is 15.9 Å². The van der Waals surface area contributed by atoms with Gasteiger partial charge in [-0.2, -0.15) is 5.10 Å². The molecule has 0 aliphatic carbocycles. The minimum absolute atomic E-state index is 0.321. The average molecular weight is 294 g/mol. The standard InChI is InChI=1S/C13H16BrN3/c1-9(11-4-3-5-13(14)6-11)15-7-12-8-16-17-10(12)2/h3-6,8-9,15H,7H2,1-2H3,(H,16,17). The van der Waals surface area contributed by atoms with E-state index >= 15 is 0 Å². The molecule has 1 aromatic heterocycles. The van der Waals surface area contributed by atoms with Crippen molar-refractivity contribution in [2.75, 3.05) is 0 Å². The van der Waals surface area contributed by atoms with Crippen LogP contribution in [0.2, 0.25) is 0 Å². The summed E-state index contributed by atoms with van der Waals surface area (Å²) in [5, 5.41) is 10.4. The Bertz CT molecular complexity index is 493. The number of nitrogens with zero attached hydrogens (tertiary/aromatic N) is 1. The lowest BCUT2D eigenvalue weighted by atomic mass is 10.1. The normalized spacial score (nSPS) is 12.6. The van der Waals surface area contributed by atoms with Gasteiger partial charge >= 0.3 is 0 Å². The molecule has 1 unspecified atom stereocenters. The van der Waals surface area contributed by atoms with E-state index in [-0.39, 0.29) is 0 Å². The lowest BCUT2D eigenvalue weighted by Gasteiger charge is -2.14. The number of rotatable bonds is 4. The first kappa shape index (κ1) is 12.3. The van der Waals surface area contributed by atoms with Gasteiger partial charge in [0, 0.05) is 28.3 Å². The molecule has 17 heavy (non-hydrogen) atoms. The minimum atomic E-state index is 0.321. The van der Waals surface area contributed by atoms with E-state index < -0.39 is 0 Å². The van der Waals surface area contributed by atoms with Crippen molar-refractivity contribution >= 4 is 15.9 Å². The molecule has 0 amide bonds. The fourth-order valence-corrected chi connectivity index (χ4v) is 2.13. The molecule has 90 valence electrons. The van der Waals surface area contributed by atoms with Crippen molar-refractivity contribution in [3.05, 3.63) is 51.8 Å². The van der Waals surface area contributed by atoms with Gasteiger partial charge in [0.2, 0.25) is 0 Å². The maximum Gasteiger partial charge on any atom is 0.0535 e. The zero-order valence-electron chi connectivity index (χ0n) is 10.00. The third kappa shape index (κ3) is 3.17. The van der Waals surface area contributed by atoms with E-state index in [2.05, 4.69) is 56.6 Å². The van der Waals surface area contributed by atoms with Gasteiger partial charge in [-0.1, -0.05) is 28.1 Å². The van der Waals surface area contributed by atoms with Gasteiger partial charge in [-0.3, -0.25) is 5.10 Å². The van der Waals surface area contributed by atoms with Crippen LogP contribution in [0.5, 0.6) is 0 Å². The molecule has 2 N–H and O–H groups in total. The molecule has 0 saturated heterocycles. The molecule has 0 fully saturated rings. The summed E-state index contributed by atoms with van der Waals surface area (Å²) in [7, 11) is 0. The Kier molecular flexibility index (Phi) is 3.97. The Morgan fingerprint density at radius 2 is 2.29 bits per heavy atom. The second-order valence-corrected chi connectivity index (χ2v) is 5.09. The number of halogens is 1. The van der Waals surface area contributed by atoms with Crippen LogP contribution in [0.4, 0.5) is 0 Å². The minimum Gasteiger partial charge on any atom is -0.306 e. The Hall–Kier alpha value is -1.13. The van der Waals surface area contributed by atoms with Gasteiger partial charge in [0.05, 0.1) is 6.20 Å². The molecule has 2 rings (SSSR count). The second-order valence-electron chi connectivity index (χ2n) is 4.18. The van der Waals surface area contributed by atoms with E-state index in [1.807, 2.05) is 19.2 Å². The number of H-pyrrole nitrogens is 1. The molecule has 3 nitrogen and oxygen atoms in total. The third-order valence-corrected chi connectivity index (χ3v) is 3.37. The number of aryl methyl sites for hydroxylation is 1. The molecule has 1 atom stereocenters. The van der Waals surface area contributed by atoms with Gasteiger partial charge in [-0.15, -0.1) is 0 Å². The topological polar surface area (TPSA) is 40.7 Å². The largest absolute Gasteiger partial charge is 0.306 e. The van der Waals surface area contributed by atoms with Gasteiger partial charge in [-0.25, -0.2) is 0 Å². The highest BCUT2D eigenvalue weighted by Crippen LogP contribution is 2.18. The van der Waals surface area contributed by atoms with Crippen LogP contribution in [0.25, 0.3) is 0 Å². The summed E-state index contributed by atoms with van der Waals surface area (Å²) in [5.41, 5.74) is 3.62. The molecule has 0 aliphatic rings. The molecule has 0 saturated carbocycles. The highest BCUT2D eigenvalue weighted by atomic mass is 79.9. The van der Waals surface area contributed by atoms with E-state index in [1.165, 1.54) is 11.1 Å². The van der Waals surface area contributed by atoms with Crippen LogP contribution in [0, 0.1) is 6.92 Å². The van der Waals surface area contributed by atoms with E-state index in [1.54, 1.807) is 0 Å². The molecule has 4 heteroatoms. The van der Waals surface area contributed by atoms with Gasteiger partial charge < -0.3 is 5.32 Å². The van der Waals surface area contributed by atoms with E-state index in [4.69, 9.17) is 0 Å². The van der Waals surface area contributed by atoms with Gasteiger partial charge in [-0.05, 0) is 31.5 Å². The predicted octanol–water partition coefficient (Wildman–Crippen LogP) is 3.33. The average Bonchev–Trinajstić information content (AvgIpc) is 2.72. The van der Waals surface area contributed by atoms with Crippen molar-refractivity contribution in [2.45, 2.75) is 26.4 Å². The quantitative estimate of drug-likeness (QED) is 0.908. The number of benzene rings is 1. The number of hydrogen-bond acceptors (Lipinski definition) is 2. The molecule has 0 bridgehead atoms. The van der Waals surface area contributed by atoms with Crippen molar-refractivity contribution in [1.29, 1.82) is 0 Å². The van der Waals surface area contributed by atoms with Crippen molar-refractivity contribution < 1.29 is 0 Å². The fraction of sp³-hybridized carbons (Fsp3) is 0.308. The summed E-state index contributed by atoms with van der Waals surface area (Å²) in [6, 6.07) is 8.68. The van der Waals surface area contributed by atoms with Crippen molar-refractivity contribution in [2.24, 2.45) is 0 Å². The Balaban J connectivity index is 1.98. The SMILES string of the molecule is Cc1[nH]ncc1CNC(C)c1cccc(Br)c1. The Labute approximate surface area is 110 Å². The Morgan fingerprint density at radius 3 is 2.94 bits per heavy atom. The zero-order chi connectivity index (χ0) is 12.3. The molecule has 0 spiro atoms. The number of nitrogens with one attached hydrogen (secondary N) is 2. The van der Waals surface area contributed by atoms with Crippen LogP contribution in [0.1, 0.15) is 29.8 Å². The van der Waals surface area contributed by atoms with Crippen LogP contribution in [-0.4, -0.2) is 10.2 Å².